The Bertz CT molecular complexity index is 648. The molecule has 2 fully saturated rings. The van der Waals surface area contributed by atoms with Gasteiger partial charge in [-0.2, -0.15) is 4.98 Å². The molecule has 1 saturated carbocycles. The molecule has 2 heterocycles. The summed E-state index contributed by atoms with van der Waals surface area (Å²) >= 11 is 0. The third kappa shape index (κ3) is 3.83. The van der Waals surface area contributed by atoms with Gasteiger partial charge in [0, 0.05) is 38.6 Å². The van der Waals surface area contributed by atoms with E-state index in [9.17, 15) is 5.11 Å². The maximum absolute atomic E-state index is 10.3. The van der Waals surface area contributed by atoms with Gasteiger partial charge in [-0.15, -0.1) is 0 Å². The van der Waals surface area contributed by atoms with E-state index in [1.54, 1.807) is 0 Å². The minimum Gasteiger partial charge on any atom is -0.387 e. The van der Waals surface area contributed by atoms with Gasteiger partial charge in [0.25, 0.3) is 0 Å². The highest BCUT2D eigenvalue weighted by Gasteiger charge is 2.29. The lowest BCUT2D eigenvalue weighted by Gasteiger charge is -2.34. The molecule has 2 aromatic rings. The maximum atomic E-state index is 10.3. The van der Waals surface area contributed by atoms with Crippen molar-refractivity contribution < 1.29 is 9.63 Å². The van der Waals surface area contributed by atoms with Crippen LogP contribution in [0.15, 0.2) is 34.9 Å². The summed E-state index contributed by atoms with van der Waals surface area (Å²) in [6.07, 6.45) is 1.97. The van der Waals surface area contributed by atoms with Crippen LogP contribution >= 0.6 is 0 Å². The highest BCUT2D eigenvalue weighted by molar-refractivity contribution is 5.17. The van der Waals surface area contributed by atoms with Crippen molar-refractivity contribution in [2.75, 3.05) is 32.7 Å². The van der Waals surface area contributed by atoms with Crippen LogP contribution in [-0.4, -0.2) is 57.8 Å². The maximum Gasteiger partial charge on any atom is 0.240 e. The van der Waals surface area contributed by atoms with Crippen LogP contribution in [0.4, 0.5) is 0 Å². The Morgan fingerprint density at radius 3 is 2.50 bits per heavy atom. The lowest BCUT2D eigenvalue weighted by atomic mass is 10.1. The zero-order chi connectivity index (χ0) is 16.4. The van der Waals surface area contributed by atoms with Crippen LogP contribution in [0.3, 0.4) is 0 Å². The fraction of sp³-hybridized carbons (Fsp3) is 0.556. The Morgan fingerprint density at radius 2 is 1.79 bits per heavy atom. The van der Waals surface area contributed by atoms with E-state index in [1.165, 1.54) is 12.8 Å². The normalized spacial score (nSPS) is 21.0. The Hall–Kier alpha value is -1.76. The highest BCUT2D eigenvalue weighted by Crippen LogP contribution is 2.38. The van der Waals surface area contributed by atoms with Crippen LogP contribution in [0, 0.1) is 0 Å². The standard InChI is InChI=1S/C18H24N4O2/c23-16(14-4-2-1-3-5-14)12-21-8-10-22(11-9-21)13-17-19-18(20-24-17)15-6-7-15/h1-5,15-16,23H,6-13H2/t16-/m1/s1. The monoisotopic (exact) mass is 328 g/mol. The van der Waals surface area contributed by atoms with E-state index in [4.69, 9.17) is 4.52 Å². The minimum atomic E-state index is -0.421. The van der Waals surface area contributed by atoms with Gasteiger partial charge >= 0.3 is 0 Å². The van der Waals surface area contributed by atoms with Crippen molar-refractivity contribution in [3.8, 4) is 0 Å². The quantitative estimate of drug-likeness (QED) is 0.872. The fourth-order valence-electron chi connectivity index (χ4n) is 3.19. The zero-order valence-electron chi connectivity index (χ0n) is 13.8. The molecule has 1 aromatic carbocycles. The molecule has 1 N–H and O–H groups in total. The fourth-order valence-corrected chi connectivity index (χ4v) is 3.19. The number of nitrogens with zero attached hydrogens (tertiary/aromatic N) is 4. The molecule has 6 nitrogen and oxygen atoms in total. The first-order chi connectivity index (χ1) is 11.8. The van der Waals surface area contributed by atoms with Gasteiger partial charge in [-0.25, -0.2) is 0 Å². The molecule has 0 radical (unpaired) electrons. The minimum absolute atomic E-state index is 0.421. The molecule has 1 aliphatic heterocycles. The number of aromatic nitrogens is 2. The van der Waals surface area contributed by atoms with Gasteiger partial charge in [0.15, 0.2) is 5.82 Å². The molecule has 128 valence electrons. The second-order valence-corrected chi connectivity index (χ2v) is 6.82. The predicted molar refractivity (Wildman–Crippen MR) is 89.4 cm³/mol. The van der Waals surface area contributed by atoms with Gasteiger partial charge in [-0.3, -0.25) is 9.80 Å². The van der Waals surface area contributed by atoms with E-state index in [1.807, 2.05) is 30.3 Å². The first kappa shape index (κ1) is 15.7. The second kappa shape index (κ2) is 7.01. The number of benzene rings is 1. The number of β-amino-alcohol motifs (C(OH)–C–C–N with tert-alkyl or cyclic N) is 1. The summed E-state index contributed by atoms with van der Waals surface area (Å²) in [5.74, 6) is 2.16. The highest BCUT2D eigenvalue weighted by atomic mass is 16.5. The summed E-state index contributed by atoms with van der Waals surface area (Å²) in [7, 11) is 0. The van der Waals surface area contributed by atoms with Crippen LogP contribution < -0.4 is 0 Å². The van der Waals surface area contributed by atoms with Crippen molar-refractivity contribution >= 4 is 0 Å². The van der Waals surface area contributed by atoms with E-state index < -0.39 is 6.10 Å². The van der Waals surface area contributed by atoms with E-state index in [-0.39, 0.29) is 0 Å². The van der Waals surface area contributed by atoms with Crippen molar-refractivity contribution in [3.05, 3.63) is 47.6 Å². The zero-order valence-corrected chi connectivity index (χ0v) is 13.8. The molecule has 1 atom stereocenters. The smallest absolute Gasteiger partial charge is 0.240 e. The Morgan fingerprint density at radius 1 is 1.08 bits per heavy atom. The molecular formula is C18H24N4O2. The number of aliphatic hydroxyl groups excluding tert-OH is 1. The van der Waals surface area contributed by atoms with Crippen LogP contribution in [0.1, 0.15) is 42.1 Å². The molecule has 24 heavy (non-hydrogen) atoms. The number of piperazine rings is 1. The van der Waals surface area contributed by atoms with Gasteiger partial charge in [0.05, 0.1) is 12.6 Å². The molecular weight excluding hydrogens is 304 g/mol. The lowest BCUT2D eigenvalue weighted by molar-refractivity contribution is 0.0663. The van der Waals surface area contributed by atoms with E-state index in [0.29, 0.717) is 12.5 Å². The summed E-state index contributed by atoms with van der Waals surface area (Å²) < 4.78 is 5.36. The molecule has 4 rings (SSSR count). The molecule has 0 amide bonds. The molecule has 6 heteroatoms. The Balaban J connectivity index is 1.24. The van der Waals surface area contributed by atoms with E-state index in [2.05, 4.69) is 19.9 Å². The van der Waals surface area contributed by atoms with Gasteiger partial charge in [-0.1, -0.05) is 35.5 Å². The van der Waals surface area contributed by atoms with Crippen LogP contribution in [-0.2, 0) is 6.54 Å². The molecule has 1 aromatic heterocycles. The molecule has 0 bridgehead atoms. The van der Waals surface area contributed by atoms with Gasteiger partial charge in [0.1, 0.15) is 0 Å². The van der Waals surface area contributed by atoms with Crippen LogP contribution in [0.5, 0.6) is 0 Å². The Kier molecular flexibility index (Phi) is 4.60. The summed E-state index contributed by atoms with van der Waals surface area (Å²) in [5, 5.41) is 14.4. The average molecular weight is 328 g/mol. The number of hydrogen-bond donors (Lipinski definition) is 1. The van der Waals surface area contributed by atoms with Crippen molar-refractivity contribution in [2.24, 2.45) is 0 Å². The van der Waals surface area contributed by atoms with Crippen molar-refractivity contribution in [1.29, 1.82) is 0 Å². The third-order valence-corrected chi connectivity index (χ3v) is 4.87. The van der Waals surface area contributed by atoms with E-state index in [0.717, 1.165) is 50.0 Å². The molecule has 1 saturated heterocycles. The molecule has 0 spiro atoms. The van der Waals surface area contributed by atoms with Crippen molar-refractivity contribution in [1.82, 2.24) is 19.9 Å². The lowest BCUT2D eigenvalue weighted by Crippen LogP contribution is -2.47. The first-order valence-corrected chi connectivity index (χ1v) is 8.78. The summed E-state index contributed by atoms with van der Waals surface area (Å²) in [6.45, 7) is 5.24. The van der Waals surface area contributed by atoms with Crippen LogP contribution in [0.2, 0.25) is 0 Å². The van der Waals surface area contributed by atoms with Crippen LogP contribution in [0.25, 0.3) is 0 Å². The summed E-state index contributed by atoms with van der Waals surface area (Å²) in [5.41, 5.74) is 0.985. The van der Waals surface area contributed by atoms with Crippen molar-refractivity contribution in [3.63, 3.8) is 0 Å². The van der Waals surface area contributed by atoms with Gasteiger partial charge in [-0.05, 0) is 18.4 Å². The predicted octanol–water partition coefficient (Wildman–Crippen LogP) is 1.80. The third-order valence-electron chi connectivity index (χ3n) is 4.87. The van der Waals surface area contributed by atoms with E-state index >= 15 is 0 Å². The largest absolute Gasteiger partial charge is 0.387 e. The number of rotatable bonds is 6. The Labute approximate surface area is 142 Å². The average Bonchev–Trinajstić information content (AvgIpc) is 3.37. The topological polar surface area (TPSA) is 65.6 Å². The van der Waals surface area contributed by atoms with Crippen molar-refractivity contribution in [2.45, 2.75) is 31.4 Å². The number of aliphatic hydroxyl groups is 1. The molecule has 0 unspecified atom stereocenters. The van der Waals surface area contributed by atoms with Gasteiger partial charge < -0.3 is 9.63 Å². The second-order valence-electron chi connectivity index (χ2n) is 6.82. The molecule has 1 aliphatic carbocycles. The summed E-state index contributed by atoms with van der Waals surface area (Å²) in [6, 6.07) is 9.87. The SMILES string of the molecule is O[C@H](CN1CCN(Cc2nc(C3CC3)no2)CC1)c1ccccc1. The summed E-state index contributed by atoms with van der Waals surface area (Å²) in [4.78, 5) is 9.16. The first-order valence-electron chi connectivity index (χ1n) is 8.78. The van der Waals surface area contributed by atoms with Gasteiger partial charge in [0.2, 0.25) is 5.89 Å². The molecule has 2 aliphatic rings. The number of hydrogen-bond acceptors (Lipinski definition) is 6.